The maximum atomic E-state index is 9.98. The van der Waals surface area contributed by atoms with Crippen LogP contribution in [-0.4, -0.2) is 48.8 Å². The summed E-state index contributed by atoms with van der Waals surface area (Å²) in [6, 6.07) is 0. The lowest BCUT2D eigenvalue weighted by Gasteiger charge is -2.38. The summed E-state index contributed by atoms with van der Waals surface area (Å²) in [5.41, 5.74) is 0.420. The number of likely N-dealkylation sites (tertiary alicyclic amines) is 1. The SMILES string of the molecule is CC(C)CNCC(O)CN1CCCC(C)(C)C1. The number of β-amino-alcohol motifs (C(OH)–C–C–N with tert-alkyl or cyclic N) is 1. The first-order chi connectivity index (χ1) is 7.89. The quantitative estimate of drug-likeness (QED) is 0.744. The van der Waals surface area contributed by atoms with Crippen molar-refractivity contribution in [1.29, 1.82) is 0 Å². The molecule has 0 saturated carbocycles. The van der Waals surface area contributed by atoms with Gasteiger partial charge in [0, 0.05) is 19.6 Å². The summed E-state index contributed by atoms with van der Waals surface area (Å²) in [7, 11) is 0. The summed E-state index contributed by atoms with van der Waals surface area (Å²) in [5.74, 6) is 0.649. The second-order valence-electron chi connectivity index (χ2n) is 6.71. The van der Waals surface area contributed by atoms with Crippen molar-refractivity contribution in [2.75, 3.05) is 32.7 Å². The zero-order valence-corrected chi connectivity index (χ0v) is 12.0. The number of rotatable bonds is 6. The average molecular weight is 242 g/mol. The molecule has 17 heavy (non-hydrogen) atoms. The number of piperidine rings is 1. The van der Waals surface area contributed by atoms with E-state index in [0.29, 0.717) is 11.3 Å². The first kappa shape index (κ1) is 14.9. The minimum absolute atomic E-state index is 0.234. The smallest absolute Gasteiger partial charge is 0.0791 e. The molecule has 3 nitrogen and oxygen atoms in total. The molecular weight excluding hydrogens is 212 g/mol. The van der Waals surface area contributed by atoms with Crippen molar-refractivity contribution in [3.8, 4) is 0 Å². The molecule has 1 unspecified atom stereocenters. The molecule has 0 bridgehead atoms. The van der Waals surface area contributed by atoms with Gasteiger partial charge in [-0.3, -0.25) is 0 Å². The molecule has 1 aliphatic rings. The van der Waals surface area contributed by atoms with Gasteiger partial charge in [-0.05, 0) is 37.3 Å². The molecule has 1 atom stereocenters. The number of hydrogen-bond donors (Lipinski definition) is 2. The lowest BCUT2D eigenvalue weighted by atomic mass is 9.84. The van der Waals surface area contributed by atoms with Crippen LogP contribution in [0.5, 0.6) is 0 Å². The predicted octanol–water partition coefficient (Wildman–Crippen LogP) is 1.71. The van der Waals surface area contributed by atoms with E-state index < -0.39 is 0 Å². The van der Waals surface area contributed by atoms with Crippen LogP contribution >= 0.6 is 0 Å². The summed E-state index contributed by atoms with van der Waals surface area (Å²) in [5, 5.41) is 13.3. The second kappa shape index (κ2) is 6.72. The molecule has 0 aromatic carbocycles. The molecule has 1 aliphatic heterocycles. The van der Waals surface area contributed by atoms with Crippen molar-refractivity contribution >= 4 is 0 Å². The summed E-state index contributed by atoms with van der Waals surface area (Å²) in [6.07, 6.45) is 2.34. The van der Waals surface area contributed by atoms with E-state index in [1.807, 2.05) is 0 Å². The number of hydrogen-bond acceptors (Lipinski definition) is 3. The number of nitrogens with zero attached hydrogens (tertiary/aromatic N) is 1. The lowest BCUT2D eigenvalue weighted by molar-refractivity contribution is 0.0598. The molecule has 1 saturated heterocycles. The Morgan fingerprint density at radius 3 is 2.59 bits per heavy atom. The summed E-state index contributed by atoms with van der Waals surface area (Å²) < 4.78 is 0. The van der Waals surface area contributed by atoms with Crippen molar-refractivity contribution in [1.82, 2.24) is 10.2 Å². The molecule has 0 aromatic rings. The summed E-state index contributed by atoms with van der Waals surface area (Å²) in [6.45, 7) is 13.8. The van der Waals surface area contributed by atoms with Crippen LogP contribution in [0.15, 0.2) is 0 Å². The fourth-order valence-electron chi connectivity index (χ4n) is 2.60. The topological polar surface area (TPSA) is 35.5 Å². The maximum Gasteiger partial charge on any atom is 0.0791 e. The fourth-order valence-corrected chi connectivity index (χ4v) is 2.60. The van der Waals surface area contributed by atoms with E-state index in [1.54, 1.807) is 0 Å². The lowest BCUT2D eigenvalue weighted by Crippen LogP contribution is -2.45. The highest BCUT2D eigenvalue weighted by atomic mass is 16.3. The minimum atomic E-state index is -0.234. The number of aliphatic hydroxyl groups is 1. The van der Waals surface area contributed by atoms with Gasteiger partial charge >= 0.3 is 0 Å². The van der Waals surface area contributed by atoms with Crippen LogP contribution in [-0.2, 0) is 0 Å². The normalized spacial score (nSPS) is 22.9. The molecule has 1 heterocycles. The molecular formula is C14H30N2O. The largest absolute Gasteiger partial charge is 0.390 e. The Kier molecular flexibility index (Phi) is 5.90. The van der Waals surface area contributed by atoms with Gasteiger partial charge in [0.1, 0.15) is 0 Å². The Balaban J connectivity index is 2.19. The van der Waals surface area contributed by atoms with Gasteiger partial charge in [-0.1, -0.05) is 27.7 Å². The van der Waals surface area contributed by atoms with E-state index in [4.69, 9.17) is 0 Å². The molecule has 102 valence electrons. The highest BCUT2D eigenvalue weighted by molar-refractivity contribution is 4.81. The first-order valence-corrected chi connectivity index (χ1v) is 7.00. The van der Waals surface area contributed by atoms with Crippen molar-refractivity contribution in [3.63, 3.8) is 0 Å². The van der Waals surface area contributed by atoms with E-state index in [0.717, 1.165) is 32.7 Å². The highest BCUT2D eigenvalue weighted by Crippen LogP contribution is 2.28. The zero-order chi connectivity index (χ0) is 12.9. The van der Waals surface area contributed by atoms with Crippen LogP contribution in [0, 0.1) is 11.3 Å². The molecule has 2 N–H and O–H groups in total. The maximum absolute atomic E-state index is 9.98. The van der Waals surface area contributed by atoms with E-state index in [9.17, 15) is 5.11 Å². The van der Waals surface area contributed by atoms with E-state index in [1.165, 1.54) is 12.8 Å². The van der Waals surface area contributed by atoms with E-state index >= 15 is 0 Å². The van der Waals surface area contributed by atoms with Crippen LogP contribution in [0.2, 0.25) is 0 Å². The summed E-state index contributed by atoms with van der Waals surface area (Å²) in [4.78, 5) is 2.41. The van der Waals surface area contributed by atoms with Crippen molar-refractivity contribution < 1.29 is 5.11 Å². The molecule has 0 aromatic heterocycles. The van der Waals surface area contributed by atoms with Crippen LogP contribution in [0.3, 0.4) is 0 Å². The van der Waals surface area contributed by atoms with Gasteiger partial charge in [0.2, 0.25) is 0 Å². The van der Waals surface area contributed by atoms with Gasteiger partial charge in [-0.25, -0.2) is 0 Å². The molecule has 1 fully saturated rings. The number of nitrogens with one attached hydrogen (secondary N) is 1. The monoisotopic (exact) mass is 242 g/mol. The Labute approximate surface area is 107 Å². The van der Waals surface area contributed by atoms with Crippen LogP contribution in [0.1, 0.15) is 40.5 Å². The molecule has 3 heteroatoms. The van der Waals surface area contributed by atoms with E-state index in [2.05, 4.69) is 37.9 Å². The van der Waals surface area contributed by atoms with Gasteiger partial charge < -0.3 is 15.3 Å². The van der Waals surface area contributed by atoms with E-state index in [-0.39, 0.29) is 6.10 Å². The third-order valence-electron chi connectivity index (χ3n) is 3.38. The molecule has 0 amide bonds. The Hall–Kier alpha value is -0.120. The molecule has 1 rings (SSSR count). The van der Waals surface area contributed by atoms with Crippen LogP contribution in [0.4, 0.5) is 0 Å². The Morgan fingerprint density at radius 2 is 2.00 bits per heavy atom. The highest BCUT2D eigenvalue weighted by Gasteiger charge is 2.27. The van der Waals surface area contributed by atoms with Gasteiger partial charge in [0.15, 0.2) is 0 Å². The van der Waals surface area contributed by atoms with Gasteiger partial charge in [-0.2, -0.15) is 0 Å². The third-order valence-corrected chi connectivity index (χ3v) is 3.38. The summed E-state index contributed by atoms with van der Waals surface area (Å²) >= 11 is 0. The van der Waals surface area contributed by atoms with Crippen molar-refractivity contribution in [2.45, 2.75) is 46.6 Å². The Morgan fingerprint density at radius 1 is 1.29 bits per heavy atom. The van der Waals surface area contributed by atoms with Gasteiger partial charge in [-0.15, -0.1) is 0 Å². The molecule has 0 aliphatic carbocycles. The third kappa shape index (κ3) is 6.39. The second-order valence-corrected chi connectivity index (χ2v) is 6.71. The van der Waals surface area contributed by atoms with Crippen LogP contribution < -0.4 is 5.32 Å². The molecule has 0 spiro atoms. The Bertz CT molecular complexity index is 216. The van der Waals surface area contributed by atoms with Crippen LogP contribution in [0.25, 0.3) is 0 Å². The first-order valence-electron chi connectivity index (χ1n) is 7.00. The molecule has 0 radical (unpaired) electrons. The zero-order valence-electron chi connectivity index (χ0n) is 12.0. The van der Waals surface area contributed by atoms with Crippen molar-refractivity contribution in [3.05, 3.63) is 0 Å². The standard InChI is InChI=1S/C14H30N2O/c1-12(2)8-15-9-13(17)10-16-7-5-6-14(3,4)11-16/h12-13,15,17H,5-11H2,1-4H3. The minimum Gasteiger partial charge on any atom is -0.390 e. The number of aliphatic hydroxyl groups excluding tert-OH is 1. The van der Waals surface area contributed by atoms with Crippen molar-refractivity contribution in [2.24, 2.45) is 11.3 Å². The van der Waals surface area contributed by atoms with Gasteiger partial charge in [0.05, 0.1) is 6.10 Å². The van der Waals surface area contributed by atoms with Gasteiger partial charge in [0.25, 0.3) is 0 Å². The average Bonchev–Trinajstić information content (AvgIpc) is 2.14. The fraction of sp³-hybridized carbons (Fsp3) is 1.00. The predicted molar refractivity (Wildman–Crippen MR) is 73.2 cm³/mol.